The second-order valence-electron chi connectivity index (χ2n) is 7.39. The molecule has 0 saturated carbocycles. The first-order chi connectivity index (χ1) is 14.0. The van der Waals surface area contributed by atoms with Crippen molar-refractivity contribution >= 4 is 17.5 Å². The van der Waals surface area contributed by atoms with Crippen LogP contribution in [-0.4, -0.2) is 60.9 Å². The highest BCUT2D eigenvalue weighted by Crippen LogP contribution is 2.24. The zero-order valence-corrected chi connectivity index (χ0v) is 16.4. The molecule has 1 atom stereocenters. The van der Waals surface area contributed by atoms with E-state index in [1.165, 1.54) is 17.0 Å². The quantitative estimate of drug-likeness (QED) is 0.725. The molecule has 2 heterocycles. The maximum atomic E-state index is 13.1. The van der Waals surface area contributed by atoms with Crippen molar-refractivity contribution in [1.29, 1.82) is 0 Å². The molecule has 0 bridgehead atoms. The number of nitrogens with zero attached hydrogens (tertiary/aromatic N) is 3. The normalized spacial score (nSPS) is 20.4. The summed E-state index contributed by atoms with van der Waals surface area (Å²) in [4.78, 5) is 31.0. The fourth-order valence-corrected chi connectivity index (χ4v) is 3.97. The lowest BCUT2D eigenvalue weighted by Crippen LogP contribution is -2.52. The number of carbonyl (C=O) groups is 2. The standard InChI is InChI=1S/C22H24FN3O3/c1-29-19-8-2-16(3-9-19)15-26-21(27)14-20(22(26)28)25-12-10-24(11-13-25)18-6-4-17(23)5-7-18/h2-9,20H,10-15H2,1H3. The summed E-state index contributed by atoms with van der Waals surface area (Å²) < 4.78 is 18.3. The molecule has 0 radical (unpaired) electrons. The number of amides is 2. The molecule has 0 spiro atoms. The minimum Gasteiger partial charge on any atom is -0.497 e. The summed E-state index contributed by atoms with van der Waals surface area (Å²) in [5.74, 6) is 0.238. The molecule has 0 aliphatic carbocycles. The number of imide groups is 1. The SMILES string of the molecule is COc1ccc(CN2C(=O)CC(N3CCN(c4ccc(F)cc4)CC3)C2=O)cc1. The van der Waals surface area contributed by atoms with Crippen LogP contribution < -0.4 is 9.64 Å². The first-order valence-corrected chi connectivity index (χ1v) is 9.77. The highest BCUT2D eigenvalue weighted by molar-refractivity contribution is 6.05. The zero-order chi connectivity index (χ0) is 20.4. The fourth-order valence-electron chi connectivity index (χ4n) is 3.97. The number of likely N-dealkylation sites (tertiary alicyclic amines) is 1. The van der Waals surface area contributed by atoms with Crippen molar-refractivity contribution in [3.05, 3.63) is 59.9 Å². The topological polar surface area (TPSA) is 53.1 Å². The van der Waals surface area contributed by atoms with Crippen LogP contribution in [0.5, 0.6) is 5.75 Å². The van der Waals surface area contributed by atoms with E-state index in [1.807, 2.05) is 24.3 Å². The zero-order valence-electron chi connectivity index (χ0n) is 16.4. The highest BCUT2D eigenvalue weighted by atomic mass is 19.1. The van der Waals surface area contributed by atoms with Gasteiger partial charge in [0.1, 0.15) is 11.6 Å². The Morgan fingerprint density at radius 3 is 2.24 bits per heavy atom. The van der Waals surface area contributed by atoms with E-state index in [9.17, 15) is 14.0 Å². The summed E-state index contributed by atoms with van der Waals surface area (Å²) >= 11 is 0. The first kappa shape index (κ1) is 19.4. The van der Waals surface area contributed by atoms with Crippen molar-refractivity contribution in [3.63, 3.8) is 0 Å². The Morgan fingerprint density at radius 1 is 0.966 bits per heavy atom. The molecule has 7 heteroatoms. The molecule has 2 aliphatic rings. The molecular weight excluding hydrogens is 373 g/mol. The van der Waals surface area contributed by atoms with Crippen LogP contribution in [0.15, 0.2) is 48.5 Å². The molecule has 2 saturated heterocycles. The summed E-state index contributed by atoms with van der Waals surface area (Å²) in [7, 11) is 1.60. The van der Waals surface area contributed by atoms with Crippen LogP contribution in [0.4, 0.5) is 10.1 Å². The molecule has 2 aliphatic heterocycles. The van der Waals surface area contributed by atoms with Gasteiger partial charge in [0.2, 0.25) is 11.8 Å². The molecule has 6 nitrogen and oxygen atoms in total. The monoisotopic (exact) mass is 397 g/mol. The van der Waals surface area contributed by atoms with E-state index in [1.54, 1.807) is 19.2 Å². The Balaban J connectivity index is 1.36. The van der Waals surface area contributed by atoms with E-state index >= 15 is 0 Å². The smallest absolute Gasteiger partial charge is 0.247 e. The average Bonchev–Trinajstić information content (AvgIpc) is 3.03. The Bertz CT molecular complexity index is 877. The van der Waals surface area contributed by atoms with Gasteiger partial charge in [0.15, 0.2) is 0 Å². The van der Waals surface area contributed by atoms with Crippen LogP contribution in [0, 0.1) is 5.82 Å². The summed E-state index contributed by atoms with van der Waals surface area (Å²) in [6.07, 6.45) is 0.228. The second-order valence-corrected chi connectivity index (χ2v) is 7.39. The van der Waals surface area contributed by atoms with Crippen LogP contribution in [0.1, 0.15) is 12.0 Å². The summed E-state index contributed by atoms with van der Waals surface area (Å²) in [5.41, 5.74) is 1.87. The second kappa shape index (κ2) is 8.21. The minimum atomic E-state index is -0.392. The van der Waals surface area contributed by atoms with Gasteiger partial charge in [-0.15, -0.1) is 0 Å². The molecule has 2 fully saturated rings. The van der Waals surface area contributed by atoms with Gasteiger partial charge in [0.25, 0.3) is 0 Å². The third-order valence-electron chi connectivity index (χ3n) is 5.67. The minimum absolute atomic E-state index is 0.124. The maximum Gasteiger partial charge on any atom is 0.247 e. The van der Waals surface area contributed by atoms with Crippen LogP contribution >= 0.6 is 0 Å². The molecule has 29 heavy (non-hydrogen) atoms. The van der Waals surface area contributed by atoms with E-state index in [4.69, 9.17) is 4.74 Å². The molecule has 4 rings (SSSR count). The Hall–Kier alpha value is -2.93. The van der Waals surface area contributed by atoms with Crippen LogP contribution in [-0.2, 0) is 16.1 Å². The predicted octanol–water partition coefficient (Wildman–Crippen LogP) is 2.28. The van der Waals surface area contributed by atoms with Crippen LogP contribution in [0.3, 0.4) is 0 Å². The fraction of sp³-hybridized carbons (Fsp3) is 0.364. The number of carbonyl (C=O) groups excluding carboxylic acids is 2. The van der Waals surface area contributed by atoms with Gasteiger partial charge in [-0.25, -0.2) is 4.39 Å². The van der Waals surface area contributed by atoms with Crippen LogP contribution in [0.2, 0.25) is 0 Å². The van der Waals surface area contributed by atoms with Gasteiger partial charge in [0, 0.05) is 31.9 Å². The maximum absolute atomic E-state index is 13.1. The molecule has 0 N–H and O–H groups in total. The van der Waals surface area contributed by atoms with E-state index < -0.39 is 6.04 Å². The van der Waals surface area contributed by atoms with Gasteiger partial charge < -0.3 is 9.64 Å². The van der Waals surface area contributed by atoms with E-state index in [0.717, 1.165) is 30.1 Å². The molecule has 1 unspecified atom stereocenters. The van der Waals surface area contributed by atoms with Gasteiger partial charge in [-0.2, -0.15) is 0 Å². The molecular formula is C22H24FN3O3. The van der Waals surface area contributed by atoms with E-state index in [-0.39, 0.29) is 30.6 Å². The van der Waals surface area contributed by atoms with Gasteiger partial charge in [0.05, 0.1) is 26.1 Å². The largest absolute Gasteiger partial charge is 0.497 e. The van der Waals surface area contributed by atoms with Crippen LogP contribution in [0.25, 0.3) is 0 Å². The number of halogens is 1. The Labute approximate surface area is 169 Å². The first-order valence-electron chi connectivity index (χ1n) is 9.77. The lowest BCUT2D eigenvalue weighted by Gasteiger charge is -2.38. The van der Waals surface area contributed by atoms with Gasteiger partial charge in [-0.1, -0.05) is 12.1 Å². The van der Waals surface area contributed by atoms with Crippen molar-refractivity contribution in [1.82, 2.24) is 9.80 Å². The van der Waals surface area contributed by atoms with E-state index in [0.29, 0.717) is 13.1 Å². The lowest BCUT2D eigenvalue weighted by atomic mass is 10.1. The molecule has 2 aromatic carbocycles. The third kappa shape index (κ3) is 4.10. The highest BCUT2D eigenvalue weighted by Gasteiger charge is 2.42. The third-order valence-corrected chi connectivity index (χ3v) is 5.67. The lowest BCUT2D eigenvalue weighted by molar-refractivity contribution is -0.140. The molecule has 152 valence electrons. The Morgan fingerprint density at radius 2 is 1.62 bits per heavy atom. The molecule has 0 aromatic heterocycles. The van der Waals surface area contributed by atoms with Crippen molar-refractivity contribution < 1.29 is 18.7 Å². The number of piperazine rings is 1. The predicted molar refractivity (Wildman–Crippen MR) is 107 cm³/mol. The molecule has 2 aromatic rings. The van der Waals surface area contributed by atoms with Gasteiger partial charge in [-0.3, -0.25) is 19.4 Å². The number of methoxy groups -OCH3 is 1. The summed E-state index contributed by atoms with van der Waals surface area (Å²) in [5, 5.41) is 0. The summed E-state index contributed by atoms with van der Waals surface area (Å²) in [6.45, 7) is 3.15. The van der Waals surface area contributed by atoms with Crippen molar-refractivity contribution in [2.24, 2.45) is 0 Å². The van der Waals surface area contributed by atoms with Crippen molar-refractivity contribution in [2.75, 3.05) is 38.2 Å². The number of hydrogen-bond acceptors (Lipinski definition) is 5. The Kier molecular flexibility index (Phi) is 5.49. The average molecular weight is 397 g/mol. The number of rotatable bonds is 5. The van der Waals surface area contributed by atoms with Gasteiger partial charge >= 0.3 is 0 Å². The van der Waals surface area contributed by atoms with Crippen molar-refractivity contribution in [3.8, 4) is 5.75 Å². The van der Waals surface area contributed by atoms with Crippen molar-refractivity contribution in [2.45, 2.75) is 19.0 Å². The van der Waals surface area contributed by atoms with E-state index in [2.05, 4.69) is 9.80 Å². The number of ether oxygens (including phenoxy) is 1. The number of benzene rings is 2. The number of anilines is 1. The number of hydrogen-bond donors (Lipinski definition) is 0. The summed E-state index contributed by atoms with van der Waals surface area (Å²) in [6, 6.07) is 13.4. The van der Waals surface area contributed by atoms with Gasteiger partial charge in [-0.05, 0) is 42.0 Å². The molecule has 2 amide bonds.